The van der Waals surface area contributed by atoms with Gasteiger partial charge in [-0.05, 0) is 30.4 Å². The van der Waals surface area contributed by atoms with E-state index in [0.29, 0.717) is 6.42 Å². The standard InChI is InChI=1S/C17H23NO3/c1-17(2,3)16(21)18-14-10-5-4-7-12(14)11-8-6-9-13(11)15(19)20/h4-5,7,10-11,13H,6,8-9H2,1-3H3,(H,18,21)(H,19,20)/t11-,13-/m1/s1. The van der Waals surface area contributed by atoms with Crippen molar-refractivity contribution in [1.29, 1.82) is 0 Å². The Morgan fingerprint density at radius 2 is 1.86 bits per heavy atom. The average molecular weight is 289 g/mol. The van der Waals surface area contributed by atoms with Crippen molar-refractivity contribution in [3.05, 3.63) is 29.8 Å². The number of para-hydroxylation sites is 1. The zero-order chi connectivity index (χ0) is 15.6. The lowest BCUT2D eigenvalue weighted by atomic mass is 9.87. The molecule has 1 saturated carbocycles. The summed E-state index contributed by atoms with van der Waals surface area (Å²) in [5.41, 5.74) is 1.21. The SMILES string of the molecule is CC(C)(C)C(=O)Nc1ccccc1[C@H]1CCC[C@H]1C(=O)O. The van der Waals surface area contributed by atoms with E-state index in [-0.39, 0.29) is 17.7 Å². The molecule has 4 nitrogen and oxygen atoms in total. The zero-order valence-corrected chi connectivity index (χ0v) is 12.8. The Morgan fingerprint density at radius 3 is 2.48 bits per heavy atom. The van der Waals surface area contributed by atoms with Crippen LogP contribution in [-0.2, 0) is 9.59 Å². The normalized spacial score (nSPS) is 22.0. The first-order valence-corrected chi connectivity index (χ1v) is 7.44. The van der Waals surface area contributed by atoms with Crippen molar-refractivity contribution in [3.8, 4) is 0 Å². The maximum Gasteiger partial charge on any atom is 0.307 e. The van der Waals surface area contributed by atoms with Gasteiger partial charge in [0.25, 0.3) is 0 Å². The molecule has 1 aromatic carbocycles. The Morgan fingerprint density at radius 1 is 1.19 bits per heavy atom. The minimum Gasteiger partial charge on any atom is -0.481 e. The summed E-state index contributed by atoms with van der Waals surface area (Å²) in [6, 6.07) is 7.56. The first-order valence-electron chi connectivity index (χ1n) is 7.44. The van der Waals surface area contributed by atoms with Crippen LogP contribution in [0.25, 0.3) is 0 Å². The Labute approximate surface area is 125 Å². The number of carboxylic acids is 1. The number of hydrogen-bond acceptors (Lipinski definition) is 2. The molecule has 2 rings (SSSR count). The lowest BCUT2D eigenvalue weighted by Crippen LogP contribution is -2.28. The van der Waals surface area contributed by atoms with Crippen LogP contribution in [0.1, 0.15) is 51.5 Å². The van der Waals surface area contributed by atoms with Crippen molar-refractivity contribution >= 4 is 17.6 Å². The average Bonchev–Trinajstić information content (AvgIpc) is 2.87. The minimum atomic E-state index is -0.741. The maximum absolute atomic E-state index is 12.2. The van der Waals surface area contributed by atoms with Crippen LogP contribution in [0, 0.1) is 11.3 Å². The van der Waals surface area contributed by atoms with Crippen molar-refractivity contribution in [1.82, 2.24) is 0 Å². The van der Waals surface area contributed by atoms with Gasteiger partial charge in [-0.25, -0.2) is 0 Å². The number of carboxylic acid groups (broad SMARTS) is 1. The highest BCUT2D eigenvalue weighted by Gasteiger charge is 2.35. The molecule has 1 fully saturated rings. The molecule has 0 aliphatic heterocycles. The number of carbonyl (C=O) groups is 2. The summed E-state index contributed by atoms with van der Waals surface area (Å²) in [6.07, 6.45) is 2.49. The number of aliphatic carboxylic acids is 1. The van der Waals surface area contributed by atoms with Gasteiger partial charge in [-0.3, -0.25) is 9.59 Å². The molecule has 114 valence electrons. The fourth-order valence-corrected chi connectivity index (χ4v) is 2.87. The van der Waals surface area contributed by atoms with Crippen molar-refractivity contribution in [3.63, 3.8) is 0 Å². The summed E-state index contributed by atoms with van der Waals surface area (Å²) < 4.78 is 0. The van der Waals surface area contributed by atoms with Gasteiger partial charge in [0.2, 0.25) is 5.91 Å². The summed E-state index contributed by atoms with van der Waals surface area (Å²) in [6.45, 7) is 5.59. The number of carbonyl (C=O) groups excluding carboxylic acids is 1. The molecule has 1 aliphatic carbocycles. The van der Waals surface area contributed by atoms with Crippen molar-refractivity contribution in [2.45, 2.75) is 46.0 Å². The van der Waals surface area contributed by atoms with Crippen molar-refractivity contribution < 1.29 is 14.7 Å². The summed E-state index contributed by atoms with van der Waals surface area (Å²) in [5.74, 6) is -1.16. The molecule has 21 heavy (non-hydrogen) atoms. The molecular weight excluding hydrogens is 266 g/mol. The Kier molecular flexibility index (Phi) is 4.35. The van der Waals surface area contributed by atoms with Gasteiger partial charge in [0, 0.05) is 11.1 Å². The van der Waals surface area contributed by atoms with Crippen molar-refractivity contribution in [2.24, 2.45) is 11.3 Å². The Balaban J connectivity index is 2.29. The third-order valence-electron chi connectivity index (χ3n) is 4.12. The molecule has 1 aliphatic rings. The van der Waals surface area contributed by atoms with Gasteiger partial charge >= 0.3 is 5.97 Å². The molecule has 0 heterocycles. The molecule has 0 spiro atoms. The Bertz CT molecular complexity index is 545. The molecule has 4 heteroatoms. The largest absolute Gasteiger partial charge is 0.481 e. The van der Waals surface area contributed by atoms with E-state index < -0.39 is 11.4 Å². The van der Waals surface area contributed by atoms with E-state index in [9.17, 15) is 14.7 Å². The van der Waals surface area contributed by atoms with Gasteiger partial charge in [-0.15, -0.1) is 0 Å². The van der Waals surface area contributed by atoms with Gasteiger partial charge in [0.1, 0.15) is 0 Å². The highest BCUT2D eigenvalue weighted by atomic mass is 16.4. The van der Waals surface area contributed by atoms with Gasteiger partial charge in [-0.1, -0.05) is 45.4 Å². The molecule has 0 saturated heterocycles. The lowest BCUT2D eigenvalue weighted by Gasteiger charge is -2.23. The summed E-state index contributed by atoms with van der Waals surface area (Å²) in [7, 11) is 0. The lowest BCUT2D eigenvalue weighted by molar-refractivity contribution is -0.142. The molecule has 0 unspecified atom stereocenters. The topological polar surface area (TPSA) is 66.4 Å². The molecule has 2 N–H and O–H groups in total. The number of nitrogens with one attached hydrogen (secondary N) is 1. The van der Waals surface area contributed by atoms with E-state index in [1.54, 1.807) is 0 Å². The van der Waals surface area contributed by atoms with Crippen LogP contribution in [0.4, 0.5) is 5.69 Å². The van der Waals surface area contributed by atoms with Crippen LogP contribution < -0.4 is 5.32 Å². The number of benzene rings is 1. The molecule has 0 bridgehead atoms. The maximum atomic E-state index is 12.2. The van der Waals surface area contributed by atoms with Crippen LogP contribution >= 0.6 is 0 Å². The third kappa shape index (κ3) is 3.43. The molecule has 1 amide bonds. The predicted molar refractivity (Wildman–Crippen MR) is 82.2 cm³/mol. The number of hydrogen-bond donors (Lipinski definition) is 2. The highest BCUT2D eigenvalue weighted by molar-refractivity contribution is 5.95. The Hall–Kier alpha value is -1.84. The second-order valence-corrected chi connectivity index (χ2v) is 6.77. The fraction of sp³-hybridized carbons (Fsp3) is 0.529. The third-order valence-corrected chi connectivity index (χ3v) is 4.12. The molecule has 2 atom stereocenters. The van der Waals surface area contributed by atoms with E-state index in [2.05, 4.69) is 5.32 Å². The number of anilines is 1. The second kappa shape index (κ2) is 5.88. The summed E-state index contributed by atoms with van der Waals surface area (Å²) in [4.78, 5) is 23.6. The van der Waals surface area contributed by atoms with Crippen LogP contribution in [-0.4, -0.2) is 17.0 Å². The molecule has 0 aromatic heterocycles. The summed E-state index contributed by atoms with van der Waals surface area (Å²) >= 11 is 0. The summed E-state index contributed by atoms with van der Waals surface area (Å²) in [5, 5.41) is 12.3. The minimum absolute atomic E-state index is 0.0148. The molecule has 0 radical (unpaired) electrons. The van der Waals surface area contributed by atoms with E-state index in [1.807, 2.05) is 45.0 Å². The van der Waals surface area contributed by atoms with Gasteiger partial charge < -0.3 is 10.4 Å². The van der Waals surface area contributed by atoms with Crippen LogP contribution in [0.15, 0.2) is 24.3 Å². The quantitative estimate of drug-likeness (QED) is 0.892. The monoisotopic (exact) mass is 289 g/mol. The zero-order valence-electron chi connectivity index (χ0n) is 12.8. The van der Waals surface area contributed by atoms with Crippen LogP contribution in [0.2, 0.25) is 0 Å². The second-order valence-electron chi connectivity index (χ2n) is 6.77. The fourth-order valence-electron chi connectivity index (χ4n) is 2.87. The number of rotatable bonds is 3. The van der Waals surface area contributed by atoms with Gasteiger partial charge in [0.05, 0.1) is 5.92 Å². The van der Waals surface area contributed by atoms with Gasteiger partial charge in [0.15, 0.2) is 0 Å². The number of amides is 1. The van der Waals surface area contributed by atoms with Crippen LogP contribution in [0.3, 0.4) is 0 Å². The van der Waals surface area contributed by atoms with E-state index in [1.165, 1.54) is 0 Å². The van der Waals surface area contributed by atoms with Crippen LogP contribution in [0.5, 0.6) is 0 Å². The predicted octanol–water partition coefficient (Wildman–Crippen LogP) is 3.64. The smallest absolute Gasteiger partial charge is 0.307 e. The first-order chi connectivity index (χ1) is 9.80. The molecule has 1 aromatic rings. The van der Waals surface area contributed by atoms with E-state index in [0.717, 1.165) is 24.1 Å². The molecular formula is C17H23NO3. The van der Waals surface area contributed by atoms with Gasteiger partial charge in [-0.2, -0.15) is 0 Å². The van der Waals surface area contributed by atoms with E-state index >= 15 is 0 Å². The van der Waals surface area contributed by atoms with E-state index in [4.69, 9.17) is 0 Å². The highest BCUT2D eigenvalue weighted by Crippen LogP contribution is 2.42. The van der Waals surface area contributed by atoms with Crippen molar-refractivity contribution in [2.75, 3.05) is 5.32 Å². The first kappa shape index (κ1) is 15.5.